The molecule has 1 atom stereocenters. The topological polar surface area (TPSA) is 118 Å². The molecule has 1 unspecified atom stereocenters. The van der Waals surface area contributed by atoms with E-state index in [1.54, 1.807) is 36.4 Å². The monoisotopic (exact) mass is 569 g/mol. The maximum atomic E-state index is 13.4. The molecule has 186 valence electrons. The van der Waals surface area contributed by atoms with Crippen molar-refractivity contribution in [3.05, 3.63) is 94.5 Å². The van der Waals surface area contributed by atoms with Crippen molar-refractivity contribution in [2.45, 2.75) is 30.2 Å². The molecule has 3 aromatic rings. The van der Waals surface area contributed by atoms with E-state index in [1.807, 2.05) is 30.3 Å². The van der Waals surface area contributed by atoms with E-state index < -0.39 is 22.0 Å². The second-order valence-electron chi connectivity index (χ2n) is 8.45. The predicted octanol–water partition coefficient (Wildman–Crippen LogP) is 3.04. The van der Waals surface area contributed by atoms with Gasteiger partial charge in [-0.1, -0.05) is 58.4 Å². The van der Waals surface area contributed by atoms with E-state index in [9.17, 15) is 22.8 Å². The van der Waals surface area contributed by atoms with Crippen LogP contribution in [-0.2, 0) is 37.2 Å². The lowest BCUT2D eigenvalue weighted by Gasteiger charge is -2.28. The van der Waals surface area contributed by atoms with Crippen LogP contribution in [0, 0.1) is 0 Å². The van der Waals surface area contributed by atoms with Gasteiger partial charge in [-0.25, -0.2) is 18.5 Å². The molecule has 3 amide bonds. The van der Waals surface area contributed by atoms with Gasteiger partial charge in [0.1, 0.15) is 6.04 Å². The molecule has 1 saturated heterocycles. The number of primary sulfonamides is 1. The van der Waals surface area contributed by atoms with Gasteiger partial charge in [-0.2, -0.15) is 0 Å². The molecule has 0 aromatic heterocycles. The summed E-state index contributed by atoms with van der Waals surface area (Å²) >= 11 is 3.35. The van der Waals surface area contributed by atoms with Gasteiger partial charge in [-0.15, -0.1) is 0 Å². The number of anilines is 1. The average Bonchev–Trinajstić information content (AvgIpc) is 3.14. The fourth-order valence-corrected chi connectivity index (χ4v) is 4.92. The van der Waals surface area contributed by atoms with Crippen molar-refractivity contribution in [1.82, 2.24) is 4.90 Å². The molecular formula is C26H24BrN3O5S. The van der Waals surface area contributed by atoms with Gasteiger partial charge in [-0.05, 0) is 53.9 Å². The lowest BCUT2D eigenvalue weighted by Crippen LogP contribution is -2.47. The Morgan fingerprint density at radius 1 is 0.944 bits per heavy atom. The fourth-order valence-electron chi connectivity index (χ4n) is 4.14. The van der Waals surface area contributed by atoms with Gasteiger partial charge < -0.3 is 4.90 Å². The summed E-state index contributed by atoms with van der Waals surface area (Å²) in [5.41, 5.74) is 2.01. The summed E-state index contributed by atoms with van der Waals surface area (Å²) in [6.45, 7) is 0.179. The molecule has 36 heavy (non-hydrogen) atoms. The summed E-state index contributed by atoms with van der Waals surface area (Å²) < 4.78 is 23.9. The minimum atomic E-state index is -3.82. The number of benzene rings is 3. The van der Waals surface area contributed by atoms with E-state index in [1.165, 1.54) is 17.0 Å². The third kappa shape index (κ3) is 5.89. The number of nitrogens with zero attached hydrogens (tertiary/aromatic N) is 2. The Hall–Kier alpha value is -3.34. The third-order valence-electron chi connectivity index (χ3n) is 6.00. The minimum Gasteiger partial charge on any atom is -0.329 e. The number of nitrogens with two attached hydrogens (primary N) is 1. The molecule has 1 fully saturated rings. The fraction of sp³-hybridized carbons (Fsp3) is 0.192. The number of carbonyl (C=O) groups is 3. The van der Waals surface area contributed by atoms with Crippen LogP contribution in [0.5, 0.6) is 0 Å². The van der Waals surface area contributed by atoms with Gasteiger partial charge >= 0.3 is 0 Å². The van der Waals surface area contributed by atoms with Gasteiger partial charge in [0.05, 0.1) is 23.4 Å². The average molecular weight is 570 g/mol. The smallest absolute Gasteiger partial charge is 0.257 e. The Bertz CT molecular complexity index is 1380. The van der Waals surface area contributed by atoms with Crippen LogP contribution in [0.2, 0.25) is 0 Å². The molecule has 0 aliphatic carbocycles. The Labute approximate surface area is 217 Å². The molecule has 0 bridgehead atoms. The van der Waals surface area contributed by atoms with Crippen LogP contribution < -0.4 is 10.0 Å². The number of sulfonamides is 1. The van der Waals surface area contributed by atoms with E-state index in [0.717, 1.165) is 20.5 Å². The zero-order valence-electron chi connectivity index (χ0n) is 19.2. The Balaban J connectivity index is 1.57. The van der Waals surface area contributed by atoms with Crippen LogP contribution in [-0.4, -0.2) is 43.6 Å². The maximum absolute atomic E-state index is 13.4. The summed E-state index contributed by atoms with van der Waals surface area (Å²) in [4.78, 5) is 42.2. The first-order valence-electron chi connectivity index (χ1n) is 11.2. The molecule has 0 saturated carbocycles. The van der Waals surface area contributed by atoms with Gasteiger partial charge in [0.25, 0.3) is 5.91 Å². The quantitative estimate of drug-likeness (QED) is 0.418. The number of carbonyl (C=O) groups excluding carboxylic acids is 3. The Kier molecular flexibility index (Phi) is 7.67. The van der Waals surface area contributed by atoms with Crippen molar-refractivity contribution in [2.75, 3.05) is 11.4 Å². The Morgan fingerprint density at radius 3 is 2.19 bits per heavy atom. The highest BCUT2D eigenvalue weighted by atomic mass is 79.9. The van der Waals surface area contributed by atoms with E-state index in [4.69, 9.17) is 5.14 Å². The first-order valence-corrected chi connectivity index (χ1v) is 13.5. The second-order valence-corrected chi connectivity index (χ2v) is 10.9. The normalized spacial score (nSPS) is 15.8. The minimum absolute atomic E-state index is 0.00929. The van der Waals surface area contributed by atoms with Gasteiger partial charge in [0, 0.05) is 11.0 Å². The zero-order valence-corrected chi connectivity index (χ0v) is 21.6. The number of hydrogen-bond donors (Lipinski definition) is 1. The number of hydrogen-bond acceptors (Lipinski definition) is 5. The maximum Gasteiger partial charge on any atom is 0.257 e. The molecule has 1 aliphatic rings. The van der Waals surface area contributed by atoms with Crippen LogP contribution in [0.4, 0.5) is 5.69 Å². The van der Waals surface area contributed by atoms with E-state index >= 15 is 0 Å². The van der Waals surface area contributed by atoms with Crippen LogP contribution in [0.3, 0.4) is 0 Å². The molecule has 0 spiro atoms. The van der Waals surface area contributed by atoms with Crippen molar-refractivity contribution >= 4 is 49.4 Å². The highest BCUT2D eigenvalue weighted by Gasteiger charge is 2.44. The number of imide groups is 1. The van der Waals surface area contributed by atoms with Crippen LogP contribution in [0.1, 0.15) is 17.5 Å². The first-order chi connectivity index (χ1) is 17.1. The van der Waals surface area contributed by atoms with Crippen molar-refractivity contribution < 1.29 is 22.8 Å². The van der Waals surface area contributed by atoms with Crippen LogP contribution >= 0.6 is 15.9 Å². The second kappa shape index (κ2) is 10.7. The summed E-state index contributed by atoms with van der Waals surface area (Å²) in [5.74, 6) is -1.10. The summed E-state index contributed by atoms with van der Waals surface area (Å²) in [6, 6.07) is 21.1. The van der Waals surface area contributed by atoms with Crippen molar-refractivity contribution in [3.63, 3.8) is 0 Å². The zero-order chi connectivity index (χ0) is 25.9. The lowest BCUT2D eigenvalue weighted by atomic mass is 10.1. The lowest BCUT2D eigenvalue weighted by molar-refractivity contribution is -0.137. The first kappa shape index (κ1) is 25.7. The highest BCUT2D eigenvalue weighted by molar-refractivity contribution is 9.10. The number of rotatable bonds is 8. The van der Waals surface area contributed by atoms with Crippen molar-refractivity contribution in [2.24, 2.45) is 5.14 Å². The van der Waals surface area contributed by atoms with E-state index in [2.05, 4.69) is 15.9 Å². The Morgan fingerprint density at radius 2 is 1.58 bits per heavy atom. The molecule has 8 nitrogen and oxygen atoms in total. The molecule has 1 heterocycles. The summed E-state index contributed by atoms with van der Waals surface area (Å²) in [7, 11) is -3.82. The van der Waals surface area contributed by atoms with E-state index in [0.29, 0.717) is 12.1 Å². The number of amides is 3. The molecule has 3 aromatic carbocycles. The van der Waals surface area contributed by atoms with Crippen LogP contribution in [0.25, 0.3) is 0 Å². The summed E-state index contributed by atoms with van der Waals surface area (Å²) in [6.07, 6.45) is 0.336. The van der Waals surface area contributed by atoms with E-state index in [-0.39, 0.29) is 36.1 Å². The molecule has 0 radical (unpaired) electrons. The highest BCUT2D eigenvalue weighted by Crippen LogP contribution is 2.27. The standard InChI is InChI=1S/C26H24BrN3O5S/c27-20-8-10-21(11-9-20)30-25(32)17-23(26(30)33)29(24(31)16-19-4-2-1-3-5-19)15-14-18-6-12-22(13-7-18)36(28,34)35/h1-13,23H,14-17H2,(H2,28,34,35). The largest absolute Gasteiger partial charge is 0.329 e. The predicted molar refractivity (Wildman–Crippen MR) is 138 cm³/mol. The van der Waals surface area contributed by atoms with Crippen LogP contribution in [0.15, 0.2) is 88.2 Å². The van der Waals surface area contributed by atoms with Gasteiger partial charge in [0.2, 0.25) is 21.8 Å². The molecule has 10 heteroatoms. The third-order valence-corrected chi connectivity index (χ3v) is 7.45. The van der Waals surface area contributed by atoms with Gasteiger partial charge in [0.15, 0.2) is 0 Å². The molecule has 4 rings (SSSR count). The van der Waals surface area contributed by atoms with Crippen molar-refractivity contribution in [3.8, 4) is 0 Å². The SMILES string of the molecule is NS(=O)(=O)c1ccc(CCN(C(=O)Cc2ccccc2)C2CC(=O)N(c3ccc(Br)cc3)C2=O)cc1. The molecule has 2 N–H and O–H groups in total. The number of halogens is 1. The molecular weight excluding hydrogens is 546 g/mol. The van der Waals surface area contributed by atoms with Crippen molar-refractivity contribution in [1.29, 1.82) is 0 Å². The van der Waals surface area contributed by atoms with Gasteiger partial charge in [-0.3, -0.25) is 14.4 Å². The summed E-state index contributed by atoms with van der Waals surface area (Å²) in [5, 5.41) is 5.16. The molecule has 1 aliphatic heterocycles.